The number of carbonyl (C=O) groups excluding carboxylic acids is 1. The van der Waals surface area contributed by atoms with Gasteiger partial charge in [0.1, 0.15) is 0 Å². The summed E-state index contributed by atoms with van der Waals surface area (Å²) in [6, 6.07) is 17.4. The molecule has 24 heavy (non-hydrogen) atoms. The molecule has 4 heteroatoms. The normalized spacial score (nSPS) is 16.8. The molecule has 126 valence electrons. The average Bonchev–Trinajstić information content (AvgIpc) is 2.63. The van der Waals surface area contributed by atoms with E-state index in [-0.39, 0.29) is 5.91 Å². The lowest BCUT2D eigenvalue weighted by Gasteiger charge is -2.35. The van der Waals surface area contributed by atoms with Gasteiger partial charge in [0.25, 0.3) is 5.91 Å². The van der Waals surface area contributed by atoms with Crippen molar-refractivity contribution in [3.8, 4) is 0 Å². The van der Waals surface area contributed by atoms with Crippen molar-refractivity contribution in [3.05, 3.63) is 71.3 Å². The number of aliphatic hydroxyl groups excluding tert-OH is 1. The average molecular weight is 324 g/mol. The molecule has 1 saturated heterocycles. The van der Waals surface area contributed by atoms with E-state index in [0.29, 0.717) is 19.6 Å². The summed E-state index contributed by atoms with van der Waals surface area (Å²) in [7, 11) is 0. The number of piperazine rings is 1. The van der Waals surface area contributed by atoms with Crippen LogP contribution in [0.2, 0.25) is 0 Å². The summed E-state index contributed by atoms with van der Waals surface area (Å²) in [5, 5.41) is 10.4. The van der Waals surface area contributed by atoms with Crippen LogP contribution in [0.15, 0.2) is 54.6 Å². The van der Waals surface area contributed by atoms with Gasteiger partial charge in [-0.2, -0.15) is 0 Å². The van der Waals surface area contributed by atoms with Crippen molar-refractivity contribution in [2.24, 2.45) is 0 Å². The minimum Gasteiger partial charge on any atom is -0.387 e. The van der Waals surface area contributed by atoms with Gasteiger partial charge in [-0.15, -0.1) is 0 Å². The lowest BCUT2D eigenvalue weighted by atomic mass is 10.1. The Morgan fingerprint density at radius 1 is 1.00 bits per heavy atom. The summed E-state index contributed by atoms with van der Waals surface area (Å²) in [5.74, 6) is 0.0920. The van der Waals surface area contributed by atoms with Gasteiger partial charge in [0, 0.05) is 38.3 Å². The fourth-order valence-electron chi connectivity index (χ4n) is 3.04. The zero-order valence-electron chi connectivity index (χ0n) is 14.1. The Morgan fingerprint density at radius 3 is 2.25 bits per heavy atom. The molecular formula is C20H24N2O2. The number of hydrogen-bond acceptors (Lipinski definition) is 3. The minimum atomic E-state index is -0.484. The summed E-state index contributed by atoms with van der Waals surface area (Å²) in [6.07, 6.45) is -0.484. The monoisotopic (exact) mass is 324 g/mol. The Balaban J connectivity index is 1.52. The summed E-state index contributed by atoms with van der Waals surface area (Å²) in [4.78, 5) is 16.6. The molecule has 2 aromatic rings. The van der Waals surface area contributed by atoms with E-state index in [4.69, 9.17) is 0 Å². The SMILES string of the molecule is Cc1ccc(C(O)CN2CCN(C(=O)c3ccccc3)CC2)cc1. The molecular weight excluding hydrogens is 300 g/mol. The Kier molecular flexibility index (Phi) is 5.28. The minimum absolute atomic E-state index is 0.0920. The number of β-amino-alcohol motifs (C(OH)–C–C–N with tert-alkyl or cyclic N) is 1. The molecule has 0 spiro atoms. The highest BCUT2D eigenvalue weighted by Gasteiger charge is 2.23. The molecule has 1 atom stereocenters. The van der Waals surface area contributed by atoms with Crippen LogP contribution in [0.5, 0.6) is 0 Å². The Labute approximate surface area is 143 Å². The van der Waals surface area contributed by atoms with E-state index in [1.54, 1.807) is 0 Å². The molecule has 3 rings (SSSR count). The molecule has 0 aliphatic carbocycles. The van der Waals surface area contributed by atoms with Gasteiger partial charge >= 0.3 is 0 Å². The first kappa shape index (κ1) is 16.7. The summed E-state index contributed by atoms with van der Waals surface area (Å²) in [6.45, 7) is 5.64. The maximum Gasteiger partial charge on any atom is 0.253 e. The van der Waals surface area contributed by atoms with Gasteiger partial charge in [0.2, 0.25) is 0 Å². The van der Waals surface area contributed by atoms with E-state index >= 15 is 0 Å². The van der Waals surface area contributed by atoms with Crippen LogP contribution in [0.3, 0.4) is 0 Å². The van der Waals surface area contributed by atoms with Crippen LogP contribution in [0, 0.1) is 6.92 Å². The summed E-state index contributed by atoms with van der Waals surface area (Å²) < 4.78 is 0. The van der Waals surface area contributed by atoms with Crippen LogP contribution >= 0.6 is 0 Å². The largest absolute Gasteiger partial charge is 0.387 e. The number of carbonyl (C=O) groups is 1. The van der Waals surface area contributed by atoms with Crippen molar-refractivity contribution in [1.82, 2.24) is 9.80 Å². The molecule has 0 saturated carbocycles. The fourth-order valence-corrected chi connectivity index (χ4v) is 3.04. The van der Waals surface area contributed by atoms with E-state index in [1.165, 1.54) is 5.56 Å². The number of nitrogens with zero attached hydrogens (tertiary/aromatic N) is 2. The first-order valence-electron chi connectivity index (χ1n) is 8.45. The van der Waals surface area contributed by atoms with Crippen molar-refractivity contribution >= 4 is 5.91 Å². The van der Waals surface area contributed by atoms with Gasteiger partial charge < -0.3 is 10.0 Å². The number of amides is 1. The number of benzene rings is 2. The van der Waals surface area contributed by atoms with Gasteiger partial charge in [-0.3, -0.25) is 9.69 Å². The number of hydrogen-bond donors (Lipinski definition) is 1. The predicted molar refractivity (Wildman–Crippen MR) is 94.9 cm³/mol. The predicted octanol–water partition coefficient (Wildman–Crippen LogP) is 2.49. The maximum atomic E-state index is 12.4. The zero-order valence-corrected chi connectivity index (χ0v) is 14.1. The van der Waals surface area contributed by atoms with Crippen molar-refractivity contribution in [1.29, 1.82) is 0 Å². The second-order valence-corrected chi connectivity index (χ2v) is 6.39. The molecule has 0 radical (unpaired) electrons. The molecule has 4 nitrogen and oxygen atoms in total. The topological polar surface area (TPSA) is 43.8 Å². The van der Waals surface area contributed by atoms with E-state index in [1.807, 2.05) is 66.4 Å². The van der Waals surface area contributed by atoms with Crippen molar-refractivity contribution in [2.75, 3.05) is 32.7 Å². The molecule has 1 N–H and O–H groups in total. The first-order valence-corrected chi connectivity index (χ1v) is 8.45. The molecule has 1 fully saturated rings. The van der Waals surface area contributed by atoms with Gasteiger partial charge in [0.15, 0.2) is 0 Å². The smallest absolute Gasteiger partial charge is 0.253 e. The Hall–Kier alpha value is -2.17. The summed E-state index contributed by atoms with van der Waals surface area (Å²) >= 11 is 0. The lowest BCUT2D eigenvalue weighted by Crippen LogP contribution is -2.49. The third-order valence-corrected chi connectivity index (χ3v) is 4.57. The fraction of sp³-hybridized carbons (Fsp3) is 0.350. The number of rotatable bonds is 4. The maximum absolute atomic E-state index is 12.4. The van der Waals surface area contributed by atoms with Crippen LogP contribution in [0.25, 0.3) is 0 Å². The van der Waals surface area contributed by atoms with Crippen LogP contribution in [0.1, 0.15) is 27.6 Å². The molecule has 1 aliphatic rings. The molecule has 2 aromatic carbocycles. The third kappa shape index (κ3) is 4.02. The third-order valence-electron chi connectivity index (χ3n) is 4.57. The first-order chi connectivity index (χ1) is 11.6. The Bertz CT molecular complexity index is 662. The van der Waals surface area contributed by atoms with Crippen molar-refractivity contribution in [3.63, 3.8) is 0 Å². The molecule has 0 bridgehead atoms. The van der Waals surface area contributed by atoms with Crippen LogP contribution in [-0.4, -0.2) is 53.5 Å². The van der Waals surface area contributed by atoms with Crippen LogP contribution < -0.4 is 0 Å². The van der Waals surface area contributed by atoms with Crippen molar-refractivity contribution in [2.45, 2.75) is 13.0 Å². The molecule has 1 unspecified atom stereocenters. The van der Waals surface area contributed by atoms with Crippen LogP contribution in [0.4, 0.5) is 0 Å². The van der Waals surface area contributed by atoms with E-state index in [0.717, 1.165) is 24.2 Å². The molecule has 1 aliphatic heterocycles. The second kappa shape index (κ2) is 7.60. The molecule has 1 heterocycles. The highest BCUT2D eigenvalue weighted by Crippen LogP contribution is 2.16. The Morgan fingerprint density at radius 2 is 1.62 bits per heavy atom. The van der Waals surface area contributed by atoms with Gasteiger partial charge in [-0.1, -0.05) is 48.0 Å². The summed E-state index contributed by atoms with van der Waals surface area (Å²) in [5.41, 5.74) is 2.88. The van der Waals surface area contributed by atoms with E-state index in [9.17, 15) is 9.90 Å². The van der Waals surface area contributed by atoms with Gasteiger partial charge in [-0.05, 0) is 24.6 Å². The number of aryl methyl sites for hydroxylation is 1. The number of aliphatic hydroxyl groups is 1. The van der Waals surface area contributed by atoms with Crippen LogP contribution in [-0.2, 0) is 0 Å². The lowest BCUT2D eigenvalue weighted by molar-refractivity contribution is 0.0527. The molecule has 0 aromatic heterocycles. The quantitative estimate of drug-likeness (QED) is 0.940. The highest BCUT2D eigenvalue weighted by atomic mass is 16.3. The zero-order chi connectivity index (χ0) is 16.9. The van der Waals surface area contributed by atoms with Crippen molar-refractivity contribution < 1.29 is 9.90 Å². The van der Waals surface area contributed by atoms with E-state index in [2.05, 4.69) is 4.90 Å². The molecule has 1 amide bonds. The highest BCUT2D eigenvalue weighted by molar-refractivity contribution is 5.94. The second-order valence-electron chi connectivity index (χ2n) is 6.39. The van der Waals surface area contributed by atoms with Gasteiger partial charge in [0.05, 0.1) is 6.10 Å². The standard InChI is InChI=1S/C20H24N2O2/c1-16-7-9-17(10-8-16)19(23)15-21-11-13-22(14-12-21)20(24)18-5-3-2-4-6-18/h2-10,19,23H,11-15H2,1H3. The van der Waals surface area contributed by atoms with Gasteiger partial charge in [-0.25, -0.2) is 0 Å². The van der Waals surface area contributed by atoms with E-state index < -0.39 is 6.10 Å².